The molecule has 0 unspecified atom stereocenters. The summed E-state index contributed by atoms with van der Waals surface area (Å²) in [5.41, 5.74) is 2.69. The molecule has 0 saturated carbocycles. The van der Waals surface area contributed by atoms with E-state index in [9.17, 15) is 0 Å². The number of benzene rings is 2. The number of quaternary nitrogens is 2. The molecule has 0 bridgehead atoms. The third-order valence-corrected chi connectivity index (χ3v) is 5.53. The second-order valence-corrected chi connectivity index (χ2v) is 7.47. The minimum absolute atomic E-state index is 0.831. The Hall–Kier alpha value is -1.84. The summed E-state index contributed by atoms with van der Waals surface area (Å²) in [6, 6.07) is 19.2. The van der Waals surface area contributed by atoms with Crippen molar-refractivity contribution in [2.24, 2.45) is 0 Å². The fraction of sp³-hybridized carbons (Fsp3) is 0.478. The summed E-state index contributed by atoms with van der Waals surface area (Å²) in [5.74, 6) is 0.995. The maximum Gasteiger partial charge on any atom is 0.127 e. The second kappa shape index (κ2) is 10.3. The zero-order valence-corrected chi connectivity index (χ0v) is 16.2. The lowest BCUT2D eigenvalue weighted by Crippen LogP contribution is -3.28. The normalized spacial score (nSPS) is 20.0. The molecule has 0 atom stereocenters. The lowest BCUT2D eigenvalue weighted by atomic mass is 10.1. The lowest BCUT2D eigenvalue weighted by molar-refractivity contribution is -1.01. The van der Waals surface area contributed by atoms with E-state index in [2.05, 4.69) is 61.5 Å². The second-order valence-electron chi connectivity index (χ2n) is 7.47. The smallest absolute Gasteiger partial charge is 0.127 e. The standard InChI is InChI=1S/C23H32N2O/c1-2-24-15-17-25(18-16-24)14-6-7-19-26-23-12-10-22(11-13-23)20-21-8-4-3-5-9-21/h3-5,8-13H,2,6-7,14-20H2,1H3/p+2. The van der Waals surface area contributed by atoms with Crippen molar-refractivity contribution in [3.8, 4) is 5.75 Å². The maximum atomic E-state index is 5.92. The van der Waals surface area contributed by atoms with E-state index in [0.717, 1.165) is 25.2 Å². The van der Waals surface area contributed by atoms with Gasteiger partial charge in [-0.2, -0.15) is 0 Å². The monoisotopic (exact) mass is 354 g/mol. The average molecular weight is 355 g/mol. The van der Waals surface area contributed by atoms with Crippen LogP contribution < -0.4 is 14.5 Å². The quantitative estimate of drug-likeness (QED) is 0.649. The van der Waals surface area contributed by atoms with Crippen molar-refractivity contribution >= 4 is 0 Å². The number of unbranched alkanes of at least 4 members (excludes halogenated alkanes) is 1. The molecule has 0 aliphatic carbocycles. The molecule has 140 valence electrons. The van der Waals surface area contributed by atoms with Crippen LogP contribution in [0.2, 0.25) is 0 Å². The molecule has 1 saturated heterocycles. The van der Waals surface area contributed by atoms with Crippen LogP contribution in [0.4, 0.5) is 0 Å². The number of rotatable bonds is 9. The number of hydrogen-bond acceptors (Lipinski definition) is 1. The van der Waals surface area contributed by atoms with Crippen molar-refractivity contribution in [2.45, 2.75) is 26.2 Å². The minimum atomic E-state index is 0.831. The van der Waals surface area contributed by atoms with Crippen molar-refractivity contribution in [2.75, 3.05) is 45.9 Å². The van der Waals surface area contributed by atoms with E-state index >= 15 is 0 Å². The molecule has 2 aromatic rings. The van der Waals surface area contributed by atoms with Gasteiger partial charge >= 0.3 is 0 Å². The van der Waals surface area contributed by atoms with Gasteiger partial charge in [0.25, 0.3) is 0 Å². The highest BCUT2D eigenvalue weighted by Gasteiger charge is 2.20. The third-order valence-electron chi connectivity index (χ3n) is 5.53. The summed E-state index contributed by atoms with van der Waals surface area (Å²) in [6.45, 7) is 11.1. The molecular formula is C23H34N2O+2. The van der Waals surface area contributed by atoms with Gasteiger partial charge in [0.1, 0.15) is 31.9 Å². The van der Waals surface area contributed by atoms with Gasteiger partial charge in [-0.15, -0.1) is 0 Å². The maximum absolute atomic E-state index is 5.92. The van der Waals surface area contributed by atoms with Gasteiger partial charge in [-0.05, 0) is 49.4 Å². The topological polar surface area (TPSA) is 18.1 Å². The molecule has 2 aromatic carbocycles. The molecule has 0 radical (unpaired) electrons. The molecule has 0 aromatic heterocycles. The van der Waals surface area contributed by atoms with E-state index in [1.165, 1.54) is 56.8 Å². The summed E-state index contributed by atoms with van der Waals surface area (Å²) in [5, 5.41) is 0. The van der Waals surface area contributed by atoms with E-state index in [0.29, 0.717) is 0 Å². The van der Waals surface area contributed by atoms with Crippen LogP contribution in [0.5, 0.6) is 5.75 Å². The summed E-state index contributed by atoms with van der Waals surface area (Å²) in [7, 11) is 0. The Bertz CT molecular complexity index is 618. The van der Waals surface area contributed by atoms with Gasteiger partial charge in [0.15, 0.2) is 0 Å². The summed E-state index contributed by atoms with van der Waals surface area (Å²) in [4.78, 5) is 3.56. The van der Waals surface area contributed by atoms with E-state index in [1.54, 1.807) is 9.80 Å². The first-order valence-corrected chi connectivity index (χ1v) is 10.3. The Morgan fingerprint density at radius 1 is 0.769 bits per heavy atom. The molecule has 1 aliphatic rings. The predicted molar refractivity (Wildman–Crippen MR) is 107 cm³/mol. The summed E-state index contributed by atoms with van der Waals surface area (Å²) < 4.78 is 5.92. The summed E-state index contributed by atoms with van der Waals surface area (Å²) >= 11 is 0. The Kier molecular flexibility index (Phi) is 7.53. The Morgan fingerprint density at radius 3 is 2.12 bits per heavy atom. The Labute approximate surface area is 158 Å². The molecule has 1 aliphatic heterocycles. The van der Waals surface area contributed by atoms with E-state index in [4.69, 9.17) is 4.74 Å². The first-order chi connectivity index (χ1) is 12.8. The van der Waals surface area contributed by atoms with Gasteiger partial charge in [-0.3, -0.25) is 0 Å². The SMILES string of the molecule is CC[NH+]1CC[NH+](CCCCOc2ccc(Cc3ccccc3)cc2)CC1. The van der Waals surface area contributed by atoms with Gasteiger partial charge in [-0.25, -0.2) is 0 Å². The molecule has 26 heavy (non-hydrogen) atoms. The van der Waals surface area contributed by atoms with Crippen molar-refractivity contribution in [3.63, 3.8) is 0 Å². The van der Waals surface area contributed by atoms with Crippen LogP contribution in [0.3, 0.4) is 0 Å². The van der Waals surface area contributed by atoms with Crippen LogP contribution in [0.1, 0.15) is 30.9 Å². The molecule has 3 rings (SSSR count). The van der Waals surface area contributed by atoms with Crippen LogP contribution in [-0.2, 0) is 6.42 Å². The molecule has 0 spiro atoms. The number of likely N-dealkylation sites (N-methyl/N-ethyl adjacent to an activating group) is 1. The molecule has 3 nitrogen and oxygen atoms in total. The van der Waals surface area contributed by atoms with E-state index < -0.39 is 0 Å². The van der Waals surface area contributed by atoms with Crippen molar-refractivity contribution in [1.82, 2.24) is 0 Å². The Morgan fingerprint density at radius 2 is 1.42 bits per heavy atom. The van der Waals surface area contributed by atoms with Gasteiger partial charge < -0.3 is 14.5 Å². The zero-order valence-electron chi connectivity index (χ0n) is 16.2. The minimum Gasteiger partial charge on any atom is -0.494 e. The van der Waals surface area contributed by atoms with Gasteiger partial charge in [0.05, 0.1) is 19.7 Å². The molecule has 1 fully saturated rings. The first-order valence-electron chi connectivity index (χ1n) is 10.3. The Balaban J connectivity index is 1.30. The third kappa shape index (κ3) is 6.15. The number of ether oxygens (including phenoxy) is 1. The van der Waals surface area contributed by atoms with Crippen LogP contribution in [0.25, 0.3) is 0 Å². The van der Waals surface area contributed by atoms with Crippen LogP contribution in [0.15, 0.2) is 54.6 Å². The van der Waals surface area contributed by atoms with Gasteiger partial charge in [-0.1, -0.05) is 42.5 Å². The number of hydrogen-bond donors (Lipinski definition) is 2. The highest BCUT2D eigenvalue weighted by Crippen LogP contribution is 2.15. The molecular weight excluding hydrogens is 320 g/mol. The van der Waals surface area contributed by atoms with Gasteiger partial charge in [0, 0.05) is 0 Å². The summed E-state index contributed by atoms with van der Waals surface area (Å²) in [6.07, 6.45) is 3.40. The highest BCUT2D eigenvalue weighted by atomic mass is 16.5. The van der Waals surface area contributed by atoms with Crippen LogP contribution in [-0.4, -0.2) is 45.9 Å². The number of nitrogens with one attached hydrogen (secondary N) is 2. The lowest BCUT2D eigenvalue weighted by Gasteiger charge is -2.28. The highest BCUT2D eigenvalue weighted by molar-refractivity contribution is 5.31. The van der Waals surface area contributed by atoms with Crippen molar-refractivity contribution in [1.29, 1.82) is 0 Å². The molecule has 1 heterocycles. The fourth-order valence-electron chi connectivity index (χ4n) is 3.76. The zero-order chi connectivity index (χ0) is 18.0. The first kappa shape index (κ1) is 18.9. The molecule has 3 heteroatoms. The van der Waals surface area contributed by atoms with Gasteiger partial charge in [0.2, 0.25) is 0 Å². The van der Waals surface area contributed by atoms with Crippen LogP contribution >= 0.6 is 0 Å². The molecule has 0 amide bonds. The van der Waals surface area contributed by atoms with E-state index in [-0.39, 0.29) is 0 Å². The van der Waals surface area contributed by atoms with Crippen LogP contribution in [0, 0.1) is 0 Å². The van der Waals surface area contributed by atoms with Crippen molar-refractivity contribution < 1.29 is 14.5 Å². The van der Waals surface area contributed by atoms with Crippen molar-refractivity contribution in [3.05, 3.63) is 65.7 Å². The fourth-order valence-corrected chi connectivity index (χ4v) is 3.76. The average Bonchev–Trinajstić information content (AvgIpc) is 2.70. The predicted octanol–water partition coefficient (Wildman–Crippen LogP) is 1.24. The molecule has 2 N–H and O–H groups in total. The van der Waals surface area contributed by atoms with E-state index in [1.807, 2.05) is 0 Å². The largest absolute Gasteiger partial charge is 0.494 e. The number of piperazine rings is 1.